The summed E-state index contributed by atoms with van der Waals surface area (Å²) in [5, 5.41) is 9.03. The topological polar surface area (TPSA) is 145 Å². The van der Waals surface area contributed by atoms with Crippen LogP contribution in [0.3, 0.4) is 0 Å². The molecule has 0 aliphatic heterocycles. The molecule has 2 aromatic rings. The number of hydrogen-bond donors (Lipinski definition) is 2. The molecule has 1 saturated carbocycles. The number of ether oxygens (including phenoxy) is 1. The van der Waals surface area contributed by atoms with Crippen molar-refractivity contribution in [1.29, 1.82) is 5.26 Å². The van der Waals surface area contributed by atoms with Gasteiger partial charge in [-0.3, -0.25) is 0 Å². The van der Waals surface area contributed by atoms with Crippen LogP contribution in [0.5, 0.6) is 5.75 Å². The average Bonchev–Trinajstić information content (AvgIpc) is 2.73. The van der Waals surface area contributed by atoms with E-state index in [0.717, 1.165) is 36.8 Å². The number of nitrogen functional groups attached to an aromatic ring is 1. The number of nitrogens with two attached hydrogens (primary N) is 2. The molecule has 1 aromatic heterocycles. The largest absolute Gasteiger partial charge is 0.489 e. The van der Waals surface area contributed by atoms with Crippen molar-refractivity contribution in [2.45, 2.75) is 74.8 Å². The first-order chi connectivity index (χ1) is 15.1. The van der Waals surface area contributed by atoms with Gasteiger partial charge in [-0.1, -0.05) is 13.8 Å². The second-order valence-electron chi connectivity index (χ2n) is 9.34. The van der Waals surface area contributed by atoms with Gasteiger partial charge in [0.2, 0.25) is 0 Å². The van der Waals surface area contributed by atoms with Crippen LogP contribution in [-0.2, 0) is 21.7 Å². The number of aromatic nitrogens is 2. The van der Waals surface area contributed by atoms with Crippen molar-refractivity contribution >= 4 is 15.7 Å². The monoisotopic (exact) mass is 455 g/mol. The average molecular weight is 456 g/mol. The number of hydrogen-bond acceptors (Lipinski definition) is 8. The molecule has 1 heterocycles. The SMILES string of the molecule is CC1(C)Cc2c(ccc(OC3CCC(N)CC3)c2S(=O)(=O)CCC#N)-c2ncnc(N)c21. The van der Waals surface area contributed by atoms with Gasteiger partial charge in [0.15, 0.2) is 9.84 Å². The van der Waals surface area contributed by atoms with Crippen molar-refractivity contribution in [3.63, 3.8) is 0 Å². The third-order valence-corrected chi connectivity index (χ3v) is 8.27. The molecule has 0 amide bonds. The van der Waals surface area contributed by atoms with E-state index >= 15 is 0 Å². The number of nitriles is 1. The van der Waals surface area contributed by atoms with E-state index in [1.165, 1.54) is 6.33 Å². The van der Waals surface area contributed by atoms with Gasteiger partial charge >= 0.3 is 0 Å². The summed E-state index contributed by atoms with van der Waals surface area (Å²) in [5.74, 6) is 0.493. The lowest BCUT2D eigenvalue weighted by atomic mass is 9.72. The predicted molar refractivity (Wildman–Crippen MR) is 122 cm³/mol. The molecule has 32 heavy (non-hydrogen) atoms. The maximum atomic E-state index is 13.5. The molecule has 0 radical (unpaired) electrons. The number of sulfone groups is 1. The fraction of sp³-hybridized carbons (Fsp3) is 0.522. The minimum absolute atomic E-state index is 0.0837. The zero-order valence-corrected chi connectivity index (χ0v) is 19.3. The molecule has 9 heteroatoms. The van der Waals surface area contributed by atoms with Gasteiger partial charge in [-0.2, -0.15) is 5.26 Å². The number of fused-ring (bicyclic) bond motifs is 3. The van der Waals surface area contributed by atoms with E-state index in [2.05, 4.69) is 9.97 Å². The lowest BCUT2D eigenvalue weighted by Crippen LogP contribution is -2.33. The maximum Gasteiger partial charge on any atom is 0.183 e. The molecule has 0 atom stereocenters. The summed E-state index contributed by atoms with van der Waals surface area (Å²) in [4.78, 5) is 8.79. The molecular formula is C23H29N5O3S. The van der Waals surface area contributed by atoms with Crippen LogP contribution >= 0.6 is 0 Å². The summed E-state index contributed by atoms with van der Waals surface area (Å²) in [7, 11) is -3.77. The van der Waals surface area contributed by atoms with Crippen LogP contribution in [0.4, 0.5) is 5.82 Å². The smallest absolute Gasteiger partial charge is 0.183 e. The van der Waals surface area contributed by atoms with E-state index in [-0.39, 0.29) is 29.2 Å². The van der Waals surface area contributed by atoms with Crippen molar-refractivity contribution in [1.82, 2.24) is 9.97 Å². The van der Waals surface area contributed by atoms with Gasteiger partial charge in [-0.25, -0.2) is 18.4 Å². The Bertz CT molecular complexity index is 1180. The summed E-state index contributed by atoms with van der Waals surface area (Å²) in [6.45, 7) is 4.02. The fourth-order valence-electron chi connectivity index (χ4n) is 4.91. The van der Waals surface area contributed by atoms with Crippen molar-refractivity contribution in [3.8, 4) is 23.1 Å². The molecule has 1 aromatic carbocycles. The summed E-state index contributed by atoms with van der Waals surface area (Å²) < 4.78 is 33.2. The van der Waals surface area contributed by atoms with Gasteiger partial charge < -0.3 is 16.2 Å². The van der Waals surface area contributed by atoms with E-state index in [1.54, 1.807) is 6.07 Å². The molecule has 2 aliphatic rings. The Balaban J connectivity index is 1.88. The first kappa shape index (κ1) is 22.5. The molecule has 0 spiro atoms. The van der Waals surface area contributed by atoms with Gasteiger partial charge in [-0.15, -0.1) is 0 Å². The number of rotatable bonds is 5. The summed E-state index contributed by atoms with van der Waals surface area (Å²) in [6, 6.07) is 5.69. The van der Waals surface area contributed by atoms with Crippen LogP contribution < -0.4 is 16.2 Å². The highest BCUT2D eigenvalue weighted by molar-refractivity contribution is 7.91. The highest BCUT2D eigenvalue weighted by atomic mass is 32.2. The molecule has 0 bridgehead atoms. The molecular weight excluding hydrogens is 426 g/mol. The molecule has 0 unspecified atom stereocenters. The van der Waals surface area contributed by atoms with E-state index in [4.69, 9.17) is 21.5 Å². The second kappa shape index (κ2) is 8.34. The first-order valence-corrected chi connectivity index (χ1v) is 12.6. The van der Waals surface area contributed by atoms with E-state index < -0.39 is 15.3 Å². The Labute approximate surface area is 188 Å². The van der Waals surface area contributed by atoms with Gasteiger partial charge in [-0.05, 0) is 55.2 Å². The minimum atomic E-state index is -3.77. The van der Waals surface area contributed by atoms with Crippen molar-refractivity contribution in [3.05, 3.63) is 29.6 Å². The second-order valence-corrected chi connectivity index (χ2v) is 11.4. The zero-order chi connectivity index (χ0) is 23.1. The van der Waals surface area contributed by atoms with Crippen LogP contribution in [0.1, 0.15) is 57.1 Å². The molecule has 4 rings (SSSR count). The Morgan fingerprint density at radius 1 is 1.22 bits per heavy atom. The minimum Gasteiger partial charge on any atom is -0.489 e. The molecule has 4 N–H and O–H groups in total. The summed E-state index contributed by atoms with van der Waals surface area (Å²) >= 11 is 0. The summed E-state index contributed by atoms with van der Waals surface area (Å²) in [5.41, 5.74) is 14.6. The van der Waals surface area contributed by atoms with E-state index in [0.29, 0.717) is 29.2 Å². The lowest BCUT2D eigenvalue weighted by Gasteiger charge is -2.35. The maximum absolute atomic E-state index is 13.5. The molecule has 0 saturated heterocycles. The highest BCUT2D eigenvalue weighted by Gasteiger charge is 2.39. The van der Waals surface area contributed by atoms with Crippen LogP contribution in [-0.4, -0.2) is 36.3 Å². The normalized spacial score (nSPS) is 21.8. The van der Waals surface area contributed by atoms with Crippen molar-refractivity contribution < 1.29 is 13.2 Å². The van der Waals surface area contributed by atoms with E-state index in [9.17, 15) is 8.42 Å². The zero-order valence-electron chi connectivity index (χ0n) is 18.5. The molecule has 8 nitrogen and oxygen atoms in total. The van der Waals surface area contributed by atoms with Crippen molar-refractivity contribution in [2.75, 3.05) is 11.5 Å². The Morgan fingerprint density at radius 2 is 1.94 bits per heavy atom. The van der Waals surface area contributed by atoms with Gasteiger partial charge in [0, 0.05) is 23.6 Å². The van der Waals surface area contributed by atoms with Gasteiger partial charge in [0.25, 0.3) is 0 Å². The van der Waals surface area contributed by atoms with Crippen LogP contribution in [0.2, 0.25) is 0 Å². The van der Waals surface area contributed by atoms with Crippen LogP contribution in [0.15, 0.2) is 23.4 Å². The van der Waals surface area contributed by atoms with Crippen LogP contribution in [0.25, 0.3) is 11.3 Å². The van der Waals surface area contributed by atoms with Crippen molar-refractivity contribution in [2.24, 2.45) is 5.73 Å². The first-order valence-electron chi connectivity index (χ1n) is 10.9. The quantitative estimate of drug-likeness (QED) is 0.700. The Hall–Kier alpha value is -2.70. The molecule has 1 fully saturated rings. The standard InChI is InChI=1S/C23H29N5O3S/c1-23(2)12-17-16(20-19(23)22(26)28-13-27-20)8-9-18(21(17)32(29,30)11-3-10-24)31-15-6-4-14(25)5-7-15/h8-9,13-15H,3-7,11-12,25H2,1-2H3,(H2,26,27,28). The fourth-order valence-corrected chi connectivity index (χ4v) is 6.45. The van der Waals surface area contributed by atoms with Gasteiger partial charge in [0.1, 0.15) is 22.8 Å². The third kappa shape index (κ3) is 4.05. The van der Waals surface area contributed by atoms with E-state index in [1.807, 2.05) is 26.0 Å². The number of benzene rings is 1. The highest BCUT2D eigenvalue weighted by Crippen LogP contribution is 2.48. The third-order valence-electron chi connectivity index (χ3n) is 6.46. The molecule has 2 aliphatic carbocycles. The Morgan fingerprint density at radius 3 is 2.62 bits per heavy atom. The summed E-state index contributed by atoms with van der Waals surface area (Å²) in [6.07, 6.45) is 4.95. The van der Waals surface area contributed by atoms with Crippen LogP contribution in [0, 0.1) is 11.3 Å². The lowest BCUT2D eigenvalue weighted by molar-refractivity contribution is 0.143. The predicted octanol–water partition coefficient (Wildman–Crippen LogP) is 2.90. The van der Waals surface area contributed by atoms with Gasteiger partial charge in [0.05, 0.1) is 23.6 Å². The number of anilines is 1. The Kier molecular flexibility index (Phi) is 5.86. The molecule has 170 valence electrons. The number of nitrogens with zero attached hydrogens (tertiary/aromatic N) is 3.